The highest BCUT2D eigenvalue weighted by atomic mass is 16.5. The summed E-state index contributed by atoms with van der Waals surface area (Å²) in [5.41, 5.74) is 3.05. The van der Waals surface area contributed by atoms with E-state index in [4.69, 9.17) is 10.6 Å². The van der Waals surface area contributed by atoms with Crippen LogP contribution in [0.5, 0.6) is 0 Å². The number of hydrogen-bond donors (Lipinski definition) is 2. The van der Waals surface area contributed by atoms with Gasteiger partial charge in [0.2, 0.25) is 0 Å². The number of methoxy groups -OCH3 is 1. The van der Waals surface area contributed by atoms with Gasteiger partial charge in [0, 0.05) is 19.8 Å². The van der Waals surface area contributed by atoms with E-state index in [0.717, 1.165) is 30.8 Å². The van der Waals surface area contributed by atoms with Crippen LogP contribution in [0.15, 0.2) is 0 Å². The van der Waals surface area contributed by atoms with Gasteiger partial charge in [0.1, 0.15) is 0 Å². The van der Waals surface area contributed by atoms with Crippen LogP contribution in [-0.4, -0.2) is 19.8 Å². The van der Waals surface area contributed by atoms with Crippen LogP contribution < -0.4 is 11.3 Å². The zero-order valence-electron chi connectivity index (χ0n) is 9.91. The first-order valence-electron chi connectivity index (χ1n) is 6.24. The molecular weight excluding hydrogens is 188 g/mol. The molecule has 0 bridgehead atoms. The highest BCUT2D eigenvalue weighted by Gasteiger charge is 2.56. The fraction of sp³-hybridized carbons (Fsp3) is 1.00. The van der Waals surface area contributed by atoms with Crippen molar-refractivity contribution in [2.75, 3.05) is 13.7 Å². The Morgan fingerprint density at radius 2 is 2.07 bits per heavy atom. The van der Waals surface area contributed by atoms with Gasteiger partial charge in [-0.2, -0.15) is 0 Å². The highest BCUT2D eigenvalue weighted by molar-refractivity contribution is 5.06. The van der Waals surface area contributed by atoms with E-state index in [1.165, 1.54) is 19.3 Å². The molecule has 0 aromatic rings. The van der Waals surface area contributed by atoms with Crippen LogP contribution in [0.1, 0.15) is 32.6 Å². The largest absolute Gasteiger partial charge is 0.385 e. The Bertz CT molecular complexity index is 200. The van der Waals surface area contributed by atoms with Crippen molar-refractivity contribution in [3.8, 4) is 0 Å². The van der Waals surface area contributed by atoms with Crippen molar-refractivity contribution in [2.24, 2.45) is 29.5 Å². The molecule has 0 radical (unpaired) electrons. The maximum atomic E-state index is 5.70. The van der Waals surface area contributed by atoms with Gasteiger partial charge in [-0.3, -0.25) is 11.3 Å². The van der Waals surface area contributed by atoms with Crippen LogP contribution >= 0.6 is 0 Å². The first-order chi connectivity index (χ1) is 7.29. The molecule has 0 aliphatic heterocycles. The van der Waals surface area contributed by atoms with Crippen LogP contribution in [0.4, 0.5) is 0 Å². The van der Waals surface area contributed by atoms with Gasteiger partial charge in [0.25, 0.3) is 0 Å². The molecule has 2 aliphatic rings. The Morgan fingerprint density at radius 1 is 1.40 bits per heavy atom. The summed E-state index contributed by atoms with van der Waals surface area (Å²) in [5, 5.41) is 0. The predicted molar refractivity (Wildman–Crippen MR) is 61.1 cm³/mol. The number of fused-ring (bicyclic) bond motifs is 1. The molecule has 15 heavy (non-hydrogen) atoms. The van der Waals surface area contributed by atoms with Crippen LogP contribution in [0.25, 0.3) is 0 Å². The number of rotatable bonds is 6. The third-order valence-electron chi connectivity index (χ3n) is 4.47. The molecule has 2 rings (SSSR count). The molecule has 0 aromatic heterocycles. The summed E-state index contributed by atoms with van der Waals surface area (Å²) in [6.45, 7) is 3.14. The molecule has 0 heterocycles. The van der Waals surface area contributed by atoms with E-state index >= 15 is 0 Å². The molecular formula is C12H24N2O. The smallest absolute Gasteiger partial charge is 0.0465 e. The minimum Gasteiger partial charge on any atom is -0.385 e. The number of nitrogens with two attached hydrogens (primary N) is 1. The molecule has 88 valence electrons. The third kappa shape index (κ3) is 2.19. The average molecular weight is 212 g/mol. The highest BCUT2D eigenvalue weighted by Crippen LogP contribution is 2.59. The van der Waals surface area contributed by atoms with Gasteiger partial charge in [-0.1, -0.05) is 13.3 Å². The lowest BCUT2D eigenvalue weighted by Gasteiger charge is -2.24. The van der Waals surface area contributed by atoms with Crippen LogP contribution in [-0.2, 0) is 4.74 Å². The van der Waals surface area contributed by atoms with Crippen molar-refractivity contribution < 1.29 is 4.74 Å². The van der Waals surface area contributed by atoms with Gasteiger partial charge in [-0.15, -0.1) is 0 Å². The topological polar surface area (TPSA) is 47.3 Å². The zero-order valence-corrected chi connectivity index (χ0v) is 9.91. The van der Waals surface area contributed by atoms with E-state index in [9.17, 15) is 0 Å². The van der Waals surface area contributed by atoms with E-state index in [1.807, 2.05) is 0 Å². The van der Waals surface area contributed by atoms with Crippen LogP contribution in [0, 0.1) is 23.7 Å². The second-order valence-electron chi connectivity index (χ2n) is 5.29. The number of ether oxygens (including phenoxy) is 1. The molecule has 2 fully saturated rings. The fourth-order valence-electron chi connectivity index (χ4n) is 3.55. The van der Waals surface area contributed by atoms with E-state index in [0.29, 0.717) is 12.0 Å². The predicted octanol–water partition coefficient (Wildman–Crippen LogP) is 1.54. The van der Waals surface area contributed by atoms with Crippen molar-refractivity contribution in [3.63, 3.8) is 0 Å². The summed E-state index contributed by atoms with van der Waals surface area (Å²) < 4.78 is 5.13. The minimum atomic E-state index is 0.510. The lowest BCUT2D eigenvalue weighted by molar-refractivity contribution is 0.164. The summed E-state index contributed by atoms with van der Waals surface area (Å²) >= 11 is 0. The second kappa shape index (κ2) is 4.81. The Labute approximate surface area is 92.7 Å². The minimum absolute atomic E-state index is 0.510. The molecule has 4 unspecified atom stereocenters. The van der Waals surface area contributed by atoms with E-state index in [2.05, 4.69) is 12.3 Å². The molecule has 2 aliphatic carbocycles. The van der Waals surface area contributed by atoms with Gasteiger partial charge in [0.15, 0.2) is 0 Å². The Kier molecular flexibility index (Phi) is 3.65. The van der Waals surface area contributed by atoms with E-state index < -0.39 is 0 Å². The summed E-state index contributed by atoms with van der Waals surface area (Å²) in [6, 6.07) is 0.510. The SMILES string of the molecule is COCCC(C)C(NN)C1C2CCCC21. The third-order valence-corrected chi connectivity index (χ3v) is 4.47. The second-order valence-corrected chi connectivity index (χ2v) is 5.29. The molecule has 0 spiro atoms. The first kappa shape index (κ1) is 11.4. The summed E-state index contributed by atoms with van der Waals surface area (Å²) in [5.74, 6) is 9.15. The number of nitrogens with one attached hydrogen (secondary N) is 1. The fourth-order valence-corrected chi connectivity index (χ4v) is 3.55. The molecule has 4 atom stereocenters. The Morgan fingerprint density at radius 3 is 2.60 bits per heavy atom. The van der Waals surface area contributed by atoms with Gasteiger partial charge in [-0.25, -0.2) is 0 Å². The molecule has 3 nitrogen and oxygen atoms in total. The Hall–Kier alpha value is -0.120. The Balaban J connectivity index is 1.82. The maximum absolute atomic E-state index is 5.70. The number of hydrogen-bond acceptors (Lipinski definition) is 3. The standard InChI is InChI=1S/C12H24N2O/c1-8(6-7-15-2)12(14-13)11-9-4-3-5-10(9)11/h8-12,14H,3-7,13H2,1-2H3. The molecule has 0 amide bonds. The van der Waals surface area contributed by atoms with E-state index in [1.54, 1.807) is 7.11 Å². The lowest BCUT2D eigenvalue weighted by Crippen LogP contribution is -2.43. The summed E-state index contributed by atoms with van der Waals surface area (Å²) in [4.78, 5) is 0. The molecule has 3 N–H and O–H groups in total. The summed E-state index contributed by atoms with van der Waals surface area (Å²) in [7, 11) is 1.77. The molecule has 0 saturated heterocycles. The van der Waals surface area contributed by atoms with Crippen molar-refractivity contribution in [2.45, 2.75) is 38.6 Å². The van der Waals surface area contributed by atoms with Gasteiger partial charge >= 0.3 is 0 Å². The van der Waals surface area contributed by atoms with E-state index in [-0.39, 0.29) is 0 Å². The van der Waals surface area contributed by atoms with Crippen molar-refractivity contribution in [1.29, 1.82) is 0 Å². The van der Waals surface area contributed by atoms with Crippen molar-refractivity contribution >= 4 is 0 Å². The molecule has 3 heteroatoms. The van der Waals surface area contributed by atoms with Crippen molar-refractivity contribution in [3.05, 3.63) is 0 Å². The maximum Gasteiger partial charge on any atom is 0.0465 e. The normalized spacial score (nSPS) is 37.4. The quantitative estimate of drug-likeness (QED) is 0.518. The summed E-state index contributed by atoms with van der Waals surface area (Å²) in [6.07, 6.45) is 5.42. The van der Waals surface area contributed by atoms with Gasteiger partial charge in [0.05, 0.1) is 0 Å². The van der Waals surface area contributed by atoms with Gasteiger partial charge < -0.3 is 4.74 Å². The van der Waals surface area contributed by atoms with Gasteiger partial charge in [-0.05, 0) is 42.9 Å². The zero-order chi connectivity index (χ0) is 10.8. The first-order valence-corrected chi connectivity index (χ1v) is 6.24. The number of hydrazine groups is 1. The monoisotopic (exact) mass is 212 g/mol. The van der Waals surface area contributed by atoms with Crippen LogP contribution in [0.3, 0.4) is 0 Å². The molecule has 0 aromatic carbocycles. The molecule has 2 saturated carbocycles. The lowest BCUT2D eigenvalue weighted by atomic mass is 9.91. The van der Waals surface area contributed by atoms with Crippen LogP contribution in [0.2, 0.25) is 0 Å². The average Bonchev–Trinajstić information content (AvgIpc) is 2.73. The van der Waals surface area contributed by atoms with Crippen molar-refractivity contribution in [1.82, 2.24) is 5.43 Å².